The normalized spacial score (nSPS) is 13.1. The molecule has 0 aliphatic carbocycles. The molecule has 0 radical (unpaired) electrons. The summed E-state index contributed by atoms with van der Waals surface area (Å²) >= 11 is 0. The minimum Gasteiger partial charge on any atom is -0.465 e. The molecule has 124 valence electrons. The molecule has 0 unspecified atom stereocenters. The van der Waals surface area contributed by atoms with Crippen LogP contribution in [0, 0.1) is 0 Å². The number of carbonyl (C=O) groups excluding carboxylic acids is 2. The SMILES string of the molecule is COC(=O)c1ccc(NS(=O)(=O)c2ccc3c(c2)CC(=O)N3)cc1. The van der Waals surface area contributed by atoms with Gasteiger partial charge in [-0.1, -0.05) is 0 Å². The van der Waals surface area contributed by atoms with Gasteiger partial charge in [0.05, 0.1) is 24.0 Å². The molecule has 0 bridgehead atoms. The van der Waals surface area contributed by atoms with Crippen molar-refractivity contribution in [3.8, 4) is 0 Å². The van der Waals surface area contributed by atoms with Crippen LogP contribution in [0.1, 0.15) is 15.9 Å². The van der Waals surface area contributed by atoms with Crippen LogP contribution in [-0.2, 0) is 26.0 Å². The van der Waals surface area contributed by atoms with Crippen molar-refractivity contribution < 1.29 is 22.7 Å². The molecule has 0 spiro atoms. The van der Waals surface area contributed by atoms with Crippen molar-refractivity contribution in [1.82, 2.24) is 0 Å². The Morgan fingerprint density at radius 2 is 1.88 bits per heavy atom. The van der Waals surface area contributed by atoms with Gasteiger partial charge in [-0.15, -0.1) is 0 Å². The third-order valence-electron chi connectivity index (χ3n) is 3.57. The Bertz CT molecular complexity index is 920. The van der Waals surface area contributed by atoms with E-state index in [0.29, 0.717) is 22.5 Å². The first kappa shape index (κ1) is 16.0. The van der Waals surface area contributed by atoms with Crippen LogP contribution in [0.25, 0.3) is 0 Å². The lowest BCUT2D eigenvalue weighted by Gasteiger charge is -2.09. The number of sulfonamides is 1. The number of amides is 1. The third-order valence-corrected chi connectivity index (χ3v) is 4.95. The van der Waals surface area contributed by atoms with Gasteiger partial charge in [0.15, 0.2) is 0 Å². The monoisotopic (exact) mass is 346 g/mol. The van der Waals surface area contributed by atoms with Crippen molar-refractivity contribution >= 4 is 33.3 Å². The molecule has 8 heteroatoms. The summed E-state index contributed by atoms with van der Waals surface area (Å²) in [7, 11) is -2.53. The van der Waals surface area contributed by atoms with Gasteiger partial charge in [0.25, 0.3) is 10.0 Å². The van der Waals surface area contributed by atoms with Crippen LogP contribution in [0.5, 0.6) is 0 Å². The van der Waals surface area contributed by atoms with Gasteiger partial charge in [-0.2, -0.15) is 0 Å². The lowest BCUT2D eigenvalue weighted by molar-refractivity contribution is -0.115. The average Bonchev–Trinajstić information content (AvgIpc) is 2.93. The molecule has 7 nitrogen and oxygen atoms in total. The van der Waals surface area contributed by atoms with Gasteiger partial charge in [0.2, 0.25) is 5.91 Å². The molecule has 0 saturated carbocycles. The van der Waals surface area contributed by atoms with Crippen LogP contribution < -0.4 is 10.0 Å². The van der Waals surface area contributed by atoms with E-state index in [9.17, 15) is 18.0 Å². The second kappa shape index (κ2) is 5.97. The molecule has 2 N–H and O–H groups in total. The minimum atomic E-state index is -3.80. The maximum absolute atomic E-state index is 12.4. The number of esters is 1. The summed E-state index contributed by atoms with van der Waals surface area (Å²) in [5, 5.41) is 2.65. The second-order valence-electron chi connectivity index (χ2n) is 5.22. The Hall–Kier alpha value is -2.87. The van der Waals surface area contributed by atoms with E-state index < -0.39 is 16.0 Å². The summed E-state index contributed by atoms with van der Waals surface area (Å²) in [5.74, 6) is -0.661. The fourth-order valence-electron chi connectivity index (χ4n) is 2.38. The zero-order valence-corrected chi connectivity index (χ0v) is 13.5. The van der Waals surface area contributed by atoms with Gasteiger partial charge < -0.3 is 10.1 Å². The Kier molecular flexibility index (Phi) is 3.98. The van der Waals surface area contributed by atoms with Crippen LogP contribution in [0.4, 0.5) is 11.4 Å². The van der Waals surface area contributed by atoms with Gasteiger partial charge >= 0.3 is 5.97 Å². The molecule has 1 aliphatic heterocycles. The number of rotatable bonds is 4. The highest BCUT2D eigenvalue weighted by molar-refractivity contribution is 7.92. The van der Waals surface area contributed by atoms with E-state index in [4.69, 9.17) is 0 Å². The van der Waals surface area contributed by atoms with Gasteiger partial charge in [0, 0.05) is 11.4 Å². The number of fused-ring (bicyclic) bond motifs is 1. The fraction of sp³-hybridized carbons (Fsp3) is 0.125. The number of methoxy groups -OCH3 is 1. The Morgan fingerprint density at radius 3 is 2.54 bits per heavy atom. The van der Waals surface area contributed by atoms with E-state index in [1.54, 1.807) is 6.07 Å². The molecule has 1 aliphatic rings. The first-order valence-corrected chi connectivity index (χ1v) is 8.51. The molecule has 0 atom stereocenters. The average molecular weight is 346 g/mol. The van der Waals surface area contributed by atoms with Crippen molar-refractivity contribution in [2.45, 2.75) is 11.3 Å². The van der Waals surface area contributed by atoms with Gasteiger partial charge in [-0.25, -0.2) is 13.2 Å². The van der Waals surface area contributed by atoms with E-state index in [-0.39, 0.29) is 17.2 Å². The van der Waals surface area contributed by atoms with Gasteiger partial charge in [0.1, 0.15) is 0 Å². The zero-order chi connectivity index (χ0) is 17.3. The lowest BCUT2D eigenvalue weighted by atomic mass is 10.2. The van der Waals surface area contributed by atoms with Crippen LogP contribution in [0.15, 0.2) is 47.4 Å². The smallest absolute Gasteiger partial charge is 0.337 e. The topological polar surface area (TPSA) is 102 Å². The van der Waals surface area contributed by atoms with E-state index in [2.05, 4.69) is 14.8 Å². The summed E-state index contributed by atoms with van der Waals surface area (Å²) in [4.78, 5) is 22.8. The molecule has 2 aromatic rings. The number of benzene rings is 2. The number of ether oxygens (including phenoxy) is 1. The van der Waals surface area contributed by atoms with Gasteiger partial charge in [-0.3, -0.25) is 9.52 Å². The predicted molar refractivity (Wildman–Crippen MR) is 87.4 cm³/mol. The van der Waals surface area contributed by atoms with Crippen LogP contribution in [0.2, 0.25) is 0 Å². The Labute approximate surface area is 138 Å². The van der Waals surface area contributed by atoms with E-state index in [0.717, 1.165) is 0 Å². The number of anilines is 2. The van der Waals surface area contributed by atoms with Crippen molar-refractivity contribution in [3.63, 3.8) is 0 Å². The summed E-state index contributed by atoms with van der Waals surface area (Å²) in [6.07, 6.45) is 0.159. The molecule has 24 heavy (non-hydrogen) atoms. The summed E-state index contributed by atoms with van der Waals surface area (Å²) in [6.45, 7) is 0. The first-order chi connectivity index (χ1) is 11.4. The number of hydrogen-bond donors (Lipinski definition) is 2. The van der Waals surface area contributed by atoms with E-state index in [1.807, 2.05) is 0 Å². The molecule has 3 rings (SSSR count). The van der Waals surface area contributed by atoms with Crippen molar-refractivity contribution in [2.75, 3.05) is 17.1 Å². The highest BCUT2D eigenvalue weighted by Gasteiger charge is 2.22. The standard InChI is InChI=1S/C16H14N2O5S/c1-23-16(20)10-2-4-12(5-3-10)18-24(21,22)13-6-7-14-11(8-13)9-15(19)17-14/h2-8,18H,9H2,1H3,(H,17,19). The van der Waals surface area contributed by atoms with Crippen molar-refractivity contribution in [1.29, 1.82) is 0 Å². The number of nitrogens with one attached hydrogen (secondary N) is 2. The Morgan fingerprint density at radius 1 is 1.17 bits per heavy atom. The van der Waals surface area contributed by atoms with E-state index >= 15 is 0 Å². The minimum absolute atomic E-state index is 0.0646. The fourth-order valence-corrected chi connectivity index (χ4v) is 3.49. The molecule has 1 amide bonds. The maximum atomic E-state index is 12.4. The lowest BCUT2D eigenvalue weighted by Crippen LogP contribution is -2.13. The molecule has 2 aromatic carbocycles. The zero-order valence-electron chi connectivity index (χ0n) is 12.7. The highest BCUT2D eigenvalue weighted by atomic mass is 32.2. The van der Waals surface area contributed by atoms with Crippen molar-refractivity contribution in [2.24, 2.45) is 0 Å². The van der Waals surface area contributed by atoms with Crippen LogP contribution in [0.3, 0.4) is 0 Å². The van der Waals surface area contributed by atoms with Crippen LogP contribution >= 0.6 is 0 Å². The summed E-state index contributed by atoms with van der Waals surface area (Å²) < 4.78 is 31.9. The molecule has 0 saturated heterocycles. The van der Waals surface area contributed by atoms with Crippen LogP contribution in [-0.4, -0.2) is 27.4 Å². The first-order valence-electron chi connectivity index (χ1n) is 7.03. The second-order valence-corrected chi connectivity index (χ2v) is 6.90. The Balaban J connectivity index is 1.83. The number of carbonyl (C=O) groups is 2. The predicted octanol–water partition coefficient (Wildman–Crippen LogP) is 1.77. The summed E-state index contributed by atoms with van der Waals surface area (Å²) in [6, 6.07) is 10.3. The molecule has 0 aromatic heterocycles. The van der Waals surface area contributed by atoms with Crippen molar-refractivity contribution in [3.05, 3.63) is 53.6 Å². The third kappa shape index (κ3) is 3.09. The summed E-state index contributed by atoms with van der Waals surface area (Å²) in [5.41, 5.74) is 1.91. The largest absolute Gasteiger partial charge is 0.465 e. The highest BCUT2D eigenvalue weighted by Crippen LogP contribution is 2.26. The molecular weight excluding hydrogens is 332 g/mol. The number of hydrogen-bond acceptors (Lipinski definition) is 5. The van der Waals surface area contributed by atoms with E-state index in [1.165, 1.54) is 43.5 Å². The molecule has 0 fully saturated rings. The quantitative estimate of drug-likeness (QED) is 0.822. The van der Waals surface area contributed by atoms with Gasteiger partial charge in [-0.05, 0) is 48.0 Å². The molecule has 1 heterocycles. The molecular formula is C16H14N2O5S. The maximum Gasteiger partial charge on any atom is 0.337 e.